The number of sulfonamides is 1. The van der Waals surface area contributed by atoms with E-state index in [2.05, 4.69) is 9.88 Å². The maximum absolute atomic E-state index is 12.3. The number of rotatable bonds is 4. The average molecular weight is 297 g/mol. The van der Waals surface area contributed by atoms with Crippen LogP contribution in [-0.2, 0) is 10.0 Å². The number of hydrogen-bond acceptors (Lipinski definition) is 4. The average Bonchev–Trinajstić information content (AvgIpc) is 2.85. The Balaban J connectivity index is 2.18. The molecule has 1 aliphatic rings. The summed E-state index contributed by atoms with van der Waals surface area (Å²) in [7, 11) is -3.58. The van der Waals surface area contributed by atoms with Gasteiger partial charge in [0, 0.05) is 12.0 Å². The van der Waals surface area contributed by atoms with Crippen LogP contribution in [0.1, 0.15) is 24.8 Å². The number of hydrogen-bond donors (Lipinski definition) is 3. The van der Waals surface area contributed by atoms with E-state index in [4.69, 9.17) is 10.9 Å². The fourth-order valence-electron chi connectivity index (χ4n) is 2.51. The normalized spacial score (nSPS) is 23.9. The molecule has 0 heterocycles. The molecule has 1 aliphatic carbocycles. The van der Waals surface area contributed by atoms with Gasteiger partial charge < -0.3 is 10.9 Å². The van der Waals surface area contributed by atoms with Crippen LogP contribution in [0.15, 0.2) is 34.3 Å². The van der Waals surface area contributed by atoms with Gasteiger partial charge in [-0.05, 0) is 31.9 Å². The Morgan fingerprint density at radius 2 is 2.00 bits per heavy atom. The van der Waals surface area contributed by atoms with E-state index in [-0.39, 0.29) is 22.7 Å². The van der Waals surface area contributed by atoms with E-state index in [1.165, 1.54) is 0 Å². The van der Waals surface area contributed by atoms with Crippen molar-refractivity contribution in [1.82, 2.24) is 4.72 Å². The molecule has 0 saturated heterocycles. The molecule has 20 heavy (non-hydrogen) atoms. The van der Waals surface area contributed by atoms with E-state index < -0.39 is 10.0 Å². The SMILES string of the molecule is Cc1ccc(S(=O)(=O)NC2CCCC2C(N)=NO)cc1. The maximum Gasteiger partial charge on any atom is 0.240 e. The molecule has 7 heteroatoms. The van der Waals surface area contributed by atoms with Gasteiger partial charge in [0.25, 0.3) is 0 Å². The highest BCUT2D eigenvalue weighted by Gasteiger charge is 2.33. The fourth-order valence-corrected chi connectivity index (χ4v) is 3.83. The third-order valence-corrected chi connectivity index (χ3v) is 5.15. The van der Waals surface area contributed by atoms with Crippen LogP contribution in [-0.4, -0.2) is 25.5 Å². The monoisotopic (exact) mass is 297 g/mol. The minimum absolute atomic E-state index is 0.0825. The predicted octanol–water partition coefficient (Wildman–Crippen LogP) is 1.19. The lowest BCUT2D eigenvalue weighted by molar-refractivity contribution is 0.312. The van der Waals surface area contributed by atoms with Crippen LogP contribution in [0.5, 0.6) is 0 Å². The molecule has 1 aromatic rings. The first kappa shape index (κ1) is 14.8. The molecule has 2 atom stereocenters. The van der Waals surface area contributed by atoms with Crippen LogP contribution in [0.4, 0.5) is 0 Å². The lowest BCUT2D eigenvalue weighted by atomic mass is 10.0. The number of benzene rings is 1. The van der Waals surface area contributed by atoms with Gasteiger partial charge in [0.1, 0.15) is 5.84 Å². The van der Waals surface area contributed by atoms with Crippen LogP contribution in [0.25, 0.3) is 0 Å². The number of nitrogens with one attached hydrogen (secondary N) is 1. The van der Waals surface area contributed by atoms with Crippen molar-refractivity contribution >= 4 is 15.9 Å². The highest BCUT2D eigenvalue weighted by Crippen LogP contribution is 2.27. The second-order valence-electron chi connectivity index (χ2n) is 5.10. The lowest BCUT2D eigenvalue weighted by Crippen LogP contribution is -2.42. The minimum Gasteiger partial charge on any atom is -0.409 e. The zero-order valence-electron chi connectivity index (χ0n) is 11.3. The van der Waals surface area contributed by atoms with Crippen LogP contribution >= 0.6 is 0 Å². The van der Waals surface area contributed by atoms with Crippen LogP contribution < -0.4 is 10.5 Å². The Bertz CT molecular complexity index is 596. The van der Waals surface area contributed by atoms with Crippen LogP contribution in [0.3, 0.4) is 0 Å². The van der Waals surface area contributed by atoms with Gasteiger partial charge in [0.2, 0.25) is 10.0 Å². The highest BCUT2D eigenvalue weighted by atomic mass is 32.2. The Morgan fingerprint density at radius 3 is 2.60 bits per heavy atom. The molecule has 1 saturated carbocycles. The van der Waals surface area contributed by atoms with Crippen molar-refractivity contribution in [3.63, 3.8) is 0 Å². The van der Waals surface area contributed by atoms with E-state index in [1.54, 1.807) is 24.3 Å². The third-order valence-electron chi connectivity index (χ3n) is 3.65. The summed E-state index contributed by atoms with van der Waals surface area (Å²) in [6.45, 7) is 1.90. The second-order valence-corrected chi connectivity index (χ2v) is 6.82. The Kier molecular flexibility index (Phi) is 4.29. The predicted molar refractivity (Wildman–Crippen MR) is 76.0 cm³/mol. The minimum atomic E-state index is -3.58. The standard InChI is InChI=1S/C13H19N3O3S/c1-9-5-7-10(8-6-9)20(18,19)16-12-4-2-3-11(12)13(14)15-17/h5-8,11-12,16-17H,2-4H2,1H3,(H2,14,15). The molecule has 1 fully saturated rings. The highest BCUT2D eigenvalue weighted by molar-refractivity contribution is 7.89. The van der Waals surface area contributed by atoms with Crippen LogP contribution in [0, 0.1) is 12.8 Å². The number of nitrogens with zero attached hydrogens (tertiary/aromatic N) is 1. The molecule has 0 aromatic heterocycles. The lowest BCUT2D eigenvalue weighted by Gasteiger charge is -2.19. The largest absolute Gasteiger partial charge is 0.409 e. The first-order valence-corrected chi connectivity index (χ1v) is 7.99. The molecule has 0 bridgehead atoms. The molecule has 0 spiro atoms. The number of amidine groups is 1. The summed E-state index contributed by atoms with van der Waals surface area (Å²) in [5, 5.41) is 11.7. The van der Waals surface area contributed by atoms with E-state index in [9.17, 15) is 8.42 Å². The summed E-state index contributed by atoms with van der Waals surface area (Å²) >= 11 is 0. The van der Waals surface area contributed by atoms with Crippen molar-refractivity contribution in [3.8, 4) is 0 Å². The van der Waals surface area contributed by atoms with E-state index in [0.29, 0.717) is 6.42 Å². The number of aryl methyl sites for hydroxylation is 1. The van der Waals surface area contributed by atoms with E-state index in [1.807, 2.05) is 6.92 Å². The third kappa shape index (κ3) is 3.10. The van der Waals surface area contributed by atoms with Gasteiger partial charge in [0.05, 0.1) is 4.90 Å². The van der Waals surface area contributed by atoms with Crippen molar-refractivity contribution in [3.05, 3.63) is 29.8 Å². The maximum atomic E-state index is 12.3. The zero-order chi connectivity index (χ0) is 14.8. The van der Waals surface area contributed by atoms with E-state index >= 15 is 0 Å². The zero-order valence-corrected chi connectivity index (χ0v) is 12.1. The number of nitrogens with two attached hydrogens (primary N) is 1. The summed E-state index contributed by atoms with van der Waals surface area (Å²) in [6, 6.07) is 6.34. The molecule has 0 amide bonds. The Hall–Kier alpha value is -1.60. The van der Waals surface area contributed by atoms with Gasteiger partial charge in [-0.15, -0.1) is 0 Å². The summed E-state index contributed by atoms with van der Waals surface area (Å²) in [5.41, 5.74) is 6.61. The first-order chi connectivity index (χ1) is 9.44. The van der Waals surface area contributed by atoms with E-state index in [0.717, 1.165) is 18.4 Å². The van der Waals surface area contributed by atoms with Crippen molar-refractivity contribution in [2.75, 3.05) is 0 Å². The van der Waals surface area contributed by atoms with Gasteiger partial charge in [-0.1, -0.05) is 29.3 Å². The molecule has 2 unspecified atom stereocenters. The van der Waals surface area contributed by atoms with Crippen molar-refractivity contribution in [2.45, 2.75) is 37.1 Å². The first-order valence-electron chi connectivity index (χ1n) is 6.50. The fraction of sp³-hybridized carbons (Fsp3) is 0.462. The summed E-state index contributed by atoms with van der Waals surface area (Å²) < 4.78 is 27.3. The molecule has 2 rings (SSSR count). The Labute approximate surface area is 118 Å². The van der Waals surface area contributed by atoms with Gasteiger partial charge in [-0.25, -0.2) is 13.1 Å². The summed E-state index contributed by atoms with van der Waals surface area (Å²) in [4.78, 5) is 0.230. The number of oxime groups is 1. The topological polar surface area (TPSA) is 105 Å². The molecule has 6 nitrogen and oxygen atoms in total. The molecular weight excluding hydrogens is 278 g/mol. The summed E-state index contributed by atoms with van der Waals surface area (Å²) in [5.74, 6) is -0.167. The quantitative estimate of drug-likeness (QED) is 0.336. The molecule has 4 N–H and O–H groups in total. The van der Waals surface area contributed by atoms with Gasteiger partial charge >= 0.3 is 0 Å². The molecule has 110 valence electrons. The second kappa shape index (κ2) is 5.80. The smallest absolute Gasteiger partial charge is 0.240 e. The molecular formula is C13H19N3O3S. The molecule has 0 aliphatic heterocycles. The molecule has 1 aromatic carbocycles. The van der Waals surface area contributed by atoms with Crippen molar-refractivity contribution in [1.29, 1.82) is 0 Å². The summed E-state index contributed by atoms with van der Waals surface area (Å²) in [6.07, 6.45) is 2.25. The van der Waals surface area contributed by atoms with Crippen molar-refractivity contribution in [2.24, 2.45) is 16.8 Å². The molecule has 0 radical (unpaired) electrons. The van der Waals surface area contributed by atoms with Crippen molar-refractivity contribution < 1.29 is 13.6 Å². The Morgan fingerprint density at radius 1 is 1.35 bits per heavy atom. The van der Waals surface area contributed by atoms with Gasteiger partial charge in [-0.3, -0.25) is 0 Å². The van der Waals surface area contributed by atoms with Gasteiger partial charge in [-0.2, -0.15) is 0 Å². The van der Waals surface area contributed by atoms with Crippen LogP contribution in [0.2, 0.25) is 0 Å². The van der Waals surface area contributed by atoms with Gasteiger partial charge in [0.15, 0.2) is 0 Å².